The van der Waals surface area contributed by atoms with Crippen molar-refractivity contribution in [3.8, 4) is 0 Å². The molecule has 1 aromatic heterocycles. The van der Waals surface area contributed by atoms with Crippen molar-refractivity contribution >= 4 is 16.5 Å². The Hall–Kier alpha value is -0.610. The van der Waals surface area contributed by atoms with Crippen LogP contribution in [0.15, 0.2) is 11.6 Å². The largest absolute Gasteiger partial charge is 0.389 e. The van der Waals surface area contributed by atoms with Crippen molar-refractivity contribution in [2.75, 3.05) is 11.9 Å². The van der Waals surface area contributed by atoms with Crippen LogP contribution in [0, 0.1) is 0 Å². The highest BCUT2D eigenvalue weighted by Crippen LogP contribution is 2.11. The Morgan fingerprint density at radius 2 is 2.45 bits per heavy atom. The molecule has 0 aliphatic carbocycles. The van der Waals surface area contributed by atoms with E-state index in [2.05, 4.69) is 10.3 Å². The molecular weight excluding hydrogens is 160 g/mol. The Morgan fingerprint density at radius 3 is 2.91 bits per heavy atom. The summed E-state index contributed by atoms with van der Waals surface area (Å²) < 4.78 is 0. The van der Waals surface area contributed by atoms with Crippen molar-refractivity contribution < 1.29 is 5.11 Å². The minimum Gasteiger partial charge on any atom is -0.389 e. The first-order chi connectivity index (χ1) is 5.08. The van der Waals surface area contributed by atoms with E-state index in [1.165, 1.54) is 11.3 Å². The zero-order valence-corrected chi connectivity index (χ0v) is 7.48. The number of rotatable bonds is 3. The number of anilines is 1. The number of aliphatic hydroxyl groups is 1. The van der Waals surface area contributed by atoms with Crippen LogP contribution in [0.4, 0.5) is 5.13 Å². The van der Waals surface area contributed by atoms with Crippen molar-refractivity contribution in [1.82, 2.24) is 4.98 Å². The van der Waals surface area contributed by atoms with Crippen LogP contribution in [0.1, 0.15) is 13.8 Å². The van der Waals surface area contributed by atoms with Gasteiger partial charge in [0.05, 0.1) is 5.60 Å². The molecular formula is C7H12N2OS. The van der Waals surface area contributed by atoms with Crippen LogP contribution in [0.25, 0.3) is 0 Å². The zero-order chi connectivity index (χ0) is 8.32. The average Bonchev–Trinajstić information content (AvgIpc) is 2.32. The van der Waals surface area contributed by atoms with Crippen LogP contribution in [-0.4, -0.2) is 22.2 Å². The van der Waals surface area contributed by atoms with E-state index in [1.54, 1.807) is 20.0 Å². The molecule has 0 aromatic carbocycles. The topological polar surface area (TPSA) is 45.1 Å². The standard InChI is InChI=1S/C7H12N2OS/c1-7(2,10)5-9-6-8-3-4-11-6/h3-4,10H,5H2,1-2H3,(H,8,9). The fourth-order valence-corrected chi connectivity index (χ4v) is 1.13. The summed E-state index contributed by atoms with van der Waals surface area (Å²) in [6.07, 6.45) is 1.73. The molecule has 0 unspecified atom stereocenters. The molecule has 1 aromatic rings. The van der Waals surface area contributed by atoms with Crippen molar-refractivity contribution in [3.63, 3.8) is 0 Å². The van der Waals surface area contributed by atoms with Crippen LogP contribution in [0.2, 0.25) is 0 Å². The molecule has 0 aliphatic heterocycles. The first-order valence-electron chi connectivity index (χ1n) is 3.44. The molecule has 0 amide bonds. The van der Waals surface area contributed by atoms with E-state index in [1.807, 2.05) is 5.38 Å². The normalized spacial score (nSPS) is 11.5. The molecule has 11 heavy (non-hydrogen) atoms. The van der Waals surface area contributed by atoms with Gasteiger partial charge in [-0.15, -0.1) is 11.3 Å². The summed E-state index contributed by atoms with van der Waals surface area (Å²) in [5.41, 5.74) is -0.675. The summed E-state index contributed by atoms with van der Waals surface area (Å²) in [5.74, 6) is 0. The number of thiazole rings is 1. The van der Waals surface area contributed by atoms with Crippen molar-refractivity contribution in [3.05, 3.63) is 11.6 Å². The first-order valence-corrected chi connectivity index (χ1v) is 4.32. The lowest BCUT2D eigenvalue weighted by atomic mass is 10.1. The summed E-state index contributed by atoms with van der Waals surface area (Å²) in [6, 6.07) is 0. The Labute approximate surface area is 70.1 Å². The molecule has 1 rings (SSSR count). The Bertz CT molecular complexity index is 203. The molecule has 3 nitrogen and oxygen atoms in total. The third-order valence-electron chi connectivity index (χ3n) is 1.10. The predicted molar refractivity (Wildman–Crippen MR) is 46.9 cm³/mol. The van der Waals surface area contributed by atoms with Crippen LogP contribution in [-0.2, 0) is 0 Å². The van der Waals surface area contributed by atoms with Gasteiger partial charge in [-0.05, 0) is 13.8 Å². The molecule has 0 aliphatic rings. The van der Waals surface area contributed by atoms with Crippen molar-refractivity contribution in [2.24, 2.45) is 0 Å². The molecule has 0 spiro atoms. The maximum atomic E-state index is 9.33. The fraction of sp³-hybridized carbons (Fsp3) is 0.571. The predicted octanol–water partition coefficient (Wildman–Crippen LogP) is 1.33. The Morgan fingerprint density at radius 1 is 1.73 bits per heavy atom. The second-order valence-corrected chi connectivity index (χ2v) is 3.90. The second-order valence-electron chi connectivity index (χ2n) is 3.00. The second kappa shape index (κ2) is 3.19. The molecule has 62 valence electrons. The van der Waals surface area contributed by atoms with Gasteiger partial charge in [-0.2, -0.15) is 0 Å². The molecule has 0 saturated carbocycles. The highest BCUT2D eigenvalue weighted by molar-refractivity contribution is 7.13. The quantitative estimate of drug-likeness (QED) is 0.723. The summed E-state index contributed by atoms with van der Waals surface area (Å²) in [6.45, 7) is 4.04. The van der Waals surface area contributed by atoms with Gasteiger partial charge in [-0.25, -0.2) is 4.98 Å². The van der Waals surface area contributed by atoms with E-state index in [-0.39, 0.29) is 0 Å². The summed E-state index contributed by atoms with van der Waals surface area (Å²) in [7, 11) is 0. The Balaban J connectivity index is 2.35. The van der Waals surface area contributed by atoms with Gasteiger partial charge in [0, 0.05) is 18.1 Å². The Kier molecular flexibility index (Phi) is 2.46. The van der Waals surface area contributed by atoms with E-state index in [9.17, 15) is 5.11 Å². The average molecular weight is 172 g/mol. The van der Waals surface area contributed by atoms with Gasteiger partial charge in [-0.3, -0.25) is 0 Å². The lowest BCUT2D eigenvalue weighted by Crippen LogP contribution is -2.29. The highest BCUT2D eigenvalue weighted by Gasteiger charge is 2.11. The maximum absolute atomic E-state index is 9.33. The molecule has 0 saturated heterocycles. The van der Waals surface area contributed by atoms with E-state index >= 15 is 0 Å². The molecule has 0 fully saturated rings. The van der Waals surface area contributed by atoms with Gasteiger partial charge >= 0.3 is 0 Å². The first kappa shape index (κ1) is 8.49. The number of nitrogens with zero attached hydrogens (tertiary/aromatic N) is 1. The summed E-state index contributed by atoms with van der Waals surface area (Å²) in [4.78, 5) is 4.02. The highest BCUT2D eigenvalue weighted by atomic mass is 32.1. The molecule has 4 heteroatoms. The molecule has 0 atom stereocenters. The smallest absolute Gasteiger partial charge is 0.182 e. The van der Waals surface area contributed by atoms with E-state index < -0.39 is 5.60 Å². The minimum atomic E-state index is -0.675. The molecule has 1 heterocycles. The minimum absolute atomic E-state index is 0.528. The van der Waals surface area contributed by atoms with Gasteiger partial charge < -0.3 is 10.4 Å². The number of nitrogens with one attached hydrogen (secondary N) is 1. The van der Waals surface area contributed by atoms with Gasteiger partial charge in [0.1, 0.15) is 0 Å². The van der Waals surface area contributed by atoms with Gasteiger partial charge in [0.25, 0.3) is 0 Å². The molecule has 2 N–H and O–H groups in total. The van der Waals surface area contributed by atoms with Crippen LogP contribution < -0.4 is 5.32 Å². The zero-order valence-electron chi connectivity index (χ0n) is 6.66. The fourth-order valence-electron chi connectivity index (χ4n) is 0.603. The summed E-state index contributed by atoms with van der Waals surface area (Å²) >= 11 is 1.53. The van der Waals surface area contributed by atoms with Gasteiger partial charge in [0.15, 0.2) is 5.13 Å². The maximum Gasteiger partial charge on any atom is 0.182 e. The monoisotopic (exact) mass is 172 g/mol. The number of hydrogen-bond acceptors (Lipinski definition) is 4. The van der Waals surface area contributed by atoms with Crippen molar-refractivity contribution in [2.45, 2.75) is 19.4 Å². The van der Waals surface area contributed by atoms with Crippen LogP contribution in [0.5, 0.6) is 0 Å². The van der Waals surface area contributed by atoms with Crippen LogP contribution >= 0.6 is 11.3 Å². The third-order valence-corrected chi connectivity index (χ3v) is 1.84. The van der Waals surface area contributed by atoms with E-state index in [0.717, 1.165) is 5.13 Å². The van der Waals surface area contributed by atoms with Gasteiger partial charge in [0.2, 0.25) is 0 Å². The number of aromatic nitrogens is 1. The van der Waals surface area contributed by atoms with E-state index in [0.29, 0.717) is 6.54 Å². The lowest BCUT2D eigenvalue weighted by molar-refractivity contribution is 0.0945. The third kappa shape index (κ3) is 3.34. The number of hydrogen-bond donors (Lipinski definition) is 2. The molecule has 0 bridgehead atoms. The summed E-state index contributed by atoms with van der Waals surface area (Å²) in [5, 5.41) is 15.1. The lowest BCUT2D eigenvalue weighted by Gasteiger charge is -2.16. The van der Waals surface area contributed by atoms with Crippen LogP contribution in [0.3, 0.4) is 0 Å². The molecule has 0 radical (unpaired) electrons. The van der Waals surface area contributed by atoms with Gasteiger partial charge in [-0.1, -0.05) is 0 Å². The van der Waals surface area contributed by atoms with E-state index in [4.69, 9.17) is 0 Å². The SMILES string of the molecule is CC(C)(O)CNc1nccs1. The van der Waals surface area contributed by atoms with Crippen molar-refractivity contribution in [1.29, 1.82) is 0 Å².